The fourth-order valence-corrected chi connectivity index (χ4v) is 2.62. The molecule has 1 aliphatic carbocycles. The fraction of sp³-hybridized carbons (Fsp3) is 0.538. The predicted octanol–water partition coefficient (Wildman–Crippen LogP) is 4.39. The summed E-state index contributed by atoms with van der Waals surface area (Å²) >= 11 is 3.23. The number of allylic oxidation sites excluding steroid dienone is 1. The lowest BCUT2D eigenvalue weighted by Gasteiger charge is -2.24. The van der Waals surface area contributed by atoms with Crippen LogP contribution in [-0.2, 0) is 0 Å². The molecule has 1 aromatic heterocycles. The Morgan fingerprint density at radius 2 is 2.11 bits per heavy atom. The second-order valence-corrected chi connectivity index (χ2v) is 5.77. The Bertz CT molecular complexity index is 502. The first-order chi connectivity index (χ1) is 8.26. The number of halogens is 3. The van der Waals surface area contributed by atoms with Crippen LogP contribution in [0.25, 0.3) is 6.08 Å². The maximum absolute atomic E-state index is 13.6. The zero-order valence-corrected chi connectivity index (χ0v) is 12.2. The SMILES string of the molecule is C/C(=C\c1ncc(Br)nc1C)C1(C(C)(F)F)CC1. The molecule has 0 unspecified atom stereocenters. The van der Waals surface area contributed by atoms with E-state index >= 15 is 0 Å². The molecule has 98 valence electrons. The number of aryl methyl sites for hydroxylation is 1. The highest BCUT2D eigenvalue weighted by Gasteiger charge is 2.59. The molecule has 1 aliphatic rings. The Balaban J connectivity index is 2.34. The van der Waals surface area contributed by atoms with Gasteiger partial charge >= 0.3 is 0 Å². The summed E-state index contributed by atoms with van der Waals surface area (Å²) < 4.78 is 27.8. The van der Waals surface area contributed by atoms with Gasteiger partial charge < -0.3 is 0 Å². The van der Waals surface area contributed by atoms with Crippen LogP contribution in [-0.4, -0.2) is 15.9 Å². The smallest absolute Gasteiger partial charge is 0.252 e. The first-order valence-electron chi connectivity index (χ1n) is 5.82. The van der Waals surface area contributed by atoms with Crippen molar-refractivity contribution < 1.29 is 8.78 Å². The Hall–Kier alpha value is -0.840. The summed E-state index contributed by atoms with van der Waals surface area (Å²) in [4.78, 5) is 8.42. The van der Waals surface area contributed by atoms with Gasteiger partial charge in [-0.25, -0.2) is 13.8 Å². The van der Waals surface area contributed by atoms with E-state index in [1.54, 1.807) is 19.2 Å². The highest BCUT2D eigenvalue weighted by Crippen LogP contribution is 2.61. The van der Waals surface area contributed by atoms with Gasteiger partial charge in [0.15, 0.2) is 0 Å². The third-order valence-electron chi connectivity index (χ3n) is 3.65. The summed E-state index contributed by atoms with van der Waals surface area (Å²) in [6.45, 7) is 4.57. The molecule has 0 aliphatic heterocycles. The highest BCUT2D eigenvalue weighted by atomic mass is 79.9. The van der Waals surface area contributed by atoms with E-state index in [1.165, 1.54) is 0 Å². The zero-order chi connectivity index (χ0) is 13.6. The molecule has 18 heavy (non-hydrogen) atoms. The number of nitrogens with zero attached hydrogens (tertiary/aromatic N) is 2. The van der Waals surface area contributed by atoms with E-state index in [0.717, 1.165) is 12.6 Å². The van der Waals surface area contributed by atoms with E-state index in [1.807, 2.05) is 6.92 Å². The minimum atomic E-state index is -2.68. The molecule has 0 aromatic carbocycles. The Morgan fingerprint density at radius 3 is 2.56 bits per heavy atom. The molecule has 0 atom stereocenters. The van der Waals surface area contributed by atoms with Gasteiger partial charge in [0, 0.05) is 6.92 Å². The summed E-state index contributed by atoms with van der Waals surface area (Å²) in [7, 11) is 0. The normalized spacial score (nSPS) is 18.9. The van der Waals surface area contributed by atoms with E-state index in [-0.39, 0.29) is 0 Å². The van der Waals surface area contributed by atoms with Crippen LogP contribution in [0.2, 0.25) is 0 Å². The largest absolute Gasteiger partial charge is 0.254 e. The van der Waals surface area contributed by atoms with Crippen molar-refractivity contribution in [2.24, 2.45) is 5.41 Å². The monoisotopic (exact) mass is 316 g/mol. The van der Waals surface area contributed by atoms with Gasteiger partial charge in [-0.3, -0.25) is 4.98 Å². The van der Waals surface area contributed by atoms with Crippen molar-refractivity contribution in [2.75, 3.05) is 0 Å². The molecule has 0 spiro atoms. The van der Waals surface area contributed by atoms with Crippen LogP contribution in [0, 0.1) is 12.3 Å². The average Bonchev–Trinajstić information content (AvgIpc) is 3.01. The van der Waals surface area contributed by atoms with Crippen LogP contribution < -0.4 is 0 Å². The van der Waals surface area contributed by atoms with E-state index in [4.69, 9.17) is 0 Å². The predicted molar refractivity (Wildman–Crippen MR) is 70.4 cm³/mol. The van der Waals surface area contributed by atoms with Crippen molar-refractivity contribution in [3.8, 4) is 0 Å². The minimum Gasteiger partial charge on any atom is -0.252 e. The van der Waals surface area contributed by atoms with Crippen LogP contribution in [0.1, 0.15) is 38.1 Å². The Labute approximate surface area is 114 Å². The zero-order valence-electron chi connectivity index (χ0n) is 10.6. The third kappa shape index (κ3) is 2.32. The van der Waals surface area contributed by atoms with Crippen molar-refractivity contribution in [3.05, 3.63) is 27.8 Å². The second-order valence-electron chi connectivity index (χ2n) is 4.96. The van der Waals surface area contributed by atoms with Crippen molar-refractivity contribution in [1.29, 1.82) is 0 Å². The second kappa shape index (κ2) is 4.37. The molecule has 2 rings (SSSR count). The summed E-state index contributed by atoms with van der Waals surface area (Å²) in [5.74, 6) is -2.68. The van der Waals surface area contributed by atoms with E-state index in [0.29, 0.717) is 28.7 Å². The van der Waals surface area contributed by atoms with Crippen molar-refractivity contribution in [2.45, 2.75) is 39.5 Å². The fourth-order valence-electron chi connectivity index (χ4n) is 2.25. The Kier molecular flexibility index (Phi) is 3.30. The van der Waals surface area contributed by atoms with E-state index in [9.17, 15) is 8.78 Å². The van der Waals surface area contributed by atoms with Crippen molar-refractivity contribution >= 4 is 22.0 Å². The van der Waals surface area contributed by atoms with Gasteiger partial charge in [-0.05, 0) is 48.7 Å². The maximum atomic E-state index is 13.6. The van der Waals surface area contributed by atoms with Crippen LogP contribution in [0.4, 0.5) is 8.78 Å². The van der Waals surface area contributed by atoms with Crippen LogP contribution in [0.3, 0.4) is 0 Å². The van der Waals surface area contributed by atoms with Gasteiger partial charge in [-0.2, -0.15) is 0 Å². The first-order valence-corrected chi connectivity index (χ1v) is 6.61. The lowest BCUT2D eigenvalue weighted by atomic mass is 9.90. The van der Waals surface area contributed by atoms with Gasteiger partial charge in [-0.15, -0.1) is 0 Å². The number of aromatic nitrogens is 2. The summed E-state index contributed by atoms with van der Waals surface area (Å²) in [6, 6.07) is 0. The molecular weight excluding hydrogens is 302 g/mol. The Morgan fingerprint density at radius 1 is 1.50 bits per heavy atom. The topological polar surface area (TPSA) is 25.8 Å². The van der Waals surface area contributed by atoms with Gasteiger partial charge in [0.2, 0.25) is 0 Å². The molecule has 0 radical (unpaired) electrons. The lowest BCUT2D eigenvalue weighted by Crippen LogP contribution is -2.27. The number of hydrogen-bond acceptors (Lipinski definition) is 2. The third-order valence-corrected chi connectivity index (χ3v) is 4.04. The van der Waals surface area contributed by atoms with E-state index < -0.39 is 11.3 Å². The molecule has 5 heteroatoms. The highest BCUT2D eigenvalue weighted by molar-refractivity contribution is 9.10. The summed E-state index contributed by atoms with van der Waals surface area (Å²) in [6.07, 6.45) is 4.40. The number of hydrogen-bond donors (Lipinski definition) is 0. The van der Waals surface area contributed by atoms with Gasteiger partial charge in [0.05, 0.1) is 23.0 Å². The number of rotatable bonds is 3. The quantitative estimate of drug-likeness (QED) is 0.826. The standard InChI is InChI=1S/C13H15BrF2N2/c1-8(13(4-5-13)12(3,15)16)6-10-9(2)18-11(14)7-17-10/h6-7H,4-5H2,1-3H3/b8-6+. The minimum absolute atomic E-state index is 0.543. The molecule has 0 amide bonds. The molecule has 0 N–H and O–H groups in total. The molecule has 0 bridgehead atoms. The van der Waals surface area contributed by atoms with Gasteiger partial charge in [0.1, 0.15) is 4.60 Å². The van der Waals surface area contributed by atoms with Crippen molar-refractivity contribution in [1.82, 2.24) is 9.97 Å². The summed E-state index contributed by atoms with van der Waals surface area (Å²) in [5.41, 5.74) is 1.12. The molecule has 1 heterocycles. The molecule has 2 nitrogen and oxygen atoms in total. The molecule has 1 aromatic rings. The first kappa shape index (κ1) is 13.6. The van der Waals surface area contributed by atoms with Crippen LogP contribution in [0.15, 0.2) is 16.4 Å². The maximum Gasteiger partial charge on any atom is 0.254 e. The molecule has 1 saturated carbocycles. The molecule has 1 fully saturated rings. The lowest BCUT2D eigenvalue weighted by molar-refractivity contribution is -0.0378. The summed E-state index contributed by atoms with van der Waals surface area (Å²) in [5, 5.41) is 0. The van der Waals surface area contributed by atoms with Gasteiger partial charge in [-0.1, -0.05) is 5.57 Å². The number of alkyl halides is 2. The van der Waals surface area contributed by atoms with Crippen LogP contribution in [0.5, 0.6) is 0 Å². The average molecular weight is 317 g/mol. The van der Waals surface area contributed by atoms with Crippen molar-refractivity contribution in [3.63, 3.8) is 0 Å². The molecular formula is C13H15BrF2N2. The van der Waals surface area contributed by atoms with Crippen LogP contribution >= 0.6 is 15.9 Å². The molecule has 0 saturated heterocycles. The van der Waals surface area contributed by atoms with E-state index in [2.05, 4.69) is 25.9 Å². The van der Waals surface area contributed by atoms with Gasteiger partial charge in [0.25, 0.3) is 5.92 Å².